The van der Waals surface area contributed by atoms with E-state index in [9.17, 15) is 9.18 Å². The SMILES string of the molecule is Cn1ccnc1Sc1ccc(NC(=O)C2CC2c2ccc(F)cc2)cc1. The highest BCUT2D eigenvalue weighted by Gasteiger charge is 2.43. The molecule has 0 radical (unpaired) electrons. The van der Waals surface area contributed by atoms with Gasteiger partial charge >= 0.3 is 0 Å². The van der Waals surface area contributed by atoms with E-state index in [-0.39, 0.29) is 23.6 Å². The number of nitrogens with zero attached hydrogens (tertiary/aromatic N) is 2. The van der Waals surface area contributed by atoms with Crippen molar-refractivity contribution in [2.75, 3.05) is 5.32 Å². The van der Waals surface area contributed by atoms with Gasteiger partial charge in [-0.15, -0.1) is 0 Å². The lowest BCUT2D eigenvalue weighted by atomic mass is 10.1. The molecule has 3 aromatic rings. The van der Waals surface area contributed by atoms with Crippen LogP contribution < -0.4 is 5.32 Å². The van der Waals surface area contributed by atoms with Crippen molar-refractivity contribution in [3.63, 3.8) is 0 Å². The molecule has 4 nitrogen and oxygen atoms in total. The van der Waals surface area contributed by atoms with Gasteiger partial charge in [-0.3, -0.25) is 4.79 Å². The van der Waals surface area contributed by atoms with E-state index in [2.05, 4.69) is 10.3 Å². The molecule has 0 bridgehead atoms. The third-order valence-electron chi connectivity index (χ3n) is 4.53. The zero-order valence-electron chi connectivity index (χ0n) is 14.2. The highest BCUT2D eigenvalue weighted by Crippen LogP contribution is 2.48. The van der Waals surface area contributed by atoms with E-state index in [1.165, 1.54) is 12.1 Å². The molecule has 1 fully saturated rings. The lowest BCUT2D eigenvalue weighted by Crippen LogP contribution is -2.14. The number of rotatable bonds is 5. The number of imidazole rings is 1. The molecule has 4 rings (SSSR count). The van der Waals surface area contributed by atoms with E-state index in [0.29, 0.717) is 0 Å². The van der Waals surface area contributed by atoms with Crippen molar-refractivity contribution in [2.45, 2.75) is 22.4 Å². The zero-order valence-corrected chi connectivity index (χ0v) is 15.0. The number of hydrogen-bond donors (Lipinski definition) is 1. The van der Waals surface area contributed by atoms with Gasteiger partial charge in [0.2, 0.25) is 5.91 Å². The minimum Gasteiger partial charge on any atom is -0.329 e. The van der Waals surface area contributed by atoms with Gasteiger partial charge < -0.3 is 9.88 Å². The summed E-state index contributed by atoms with van der Waals surface area (Å²) in [6.45, 7) is 0. The Balaban J connectivity index is 1.35. The van der Waals surface area contributed by atoms with Crippen LogP contribution in [0.25, 0.3) is 0 Å². The van der Waals surface area contributed by atoms with E-state index in [1.54, 1.807) is 30.1 Å². The quantitative estimate of drug-likeness (QED) is 0.725. The summed E-state index contributed by atoms with van der Waals surface area (Å²) in [4.78, 5) is 17.8. The first-order valence-corrected chi connectivity index (χ1v) is 9.23. The van der Waals surface area contributed by atoms with E-state index < -0.39 is 0 Å². The molecular formula is C20H18FN3OS. The largest absolute Gasteiger partial charge is 0.329 e. The number of halogens is 1. The summed E-state index contributed by atoms with van der Waals surface area (Å²) in [5.41, 5.74) is 1.80. The number of amides is 1. The highest BCUT2D eigenvalue weighted by atomic mass is 32.2. The molecule has 1 saturated carbocycles. The predicted octanol–water partition coefficient (Wildman–Crippen LogP) is 4.45. The fraction of sp³-hybridized carbons (Fsp3) is 0.200. The molecule has 1 aliphatic rings. The Hall–Kier alpha value is -2.60. The normalized spacial score (nSPS) is 18.5. The molecule has 2 atom stereocenters. The van der Waals surface area contributed by atoms with Crippen molar-refractivity contribution in [3.05, 3.63) is 72.3 Å². The number of hydrogen-bond acceptors (Lipinski definition) is 3. The molecule has 1 aromatic heterocycles. The van der Waals surface area contributed by atoms with Crippen LogP contribution in [0.4, 0.5) is 10.1 Å². The molecule has 1 N–H and O–H groups in total. The second-order valence-corrected chi connectivity index (χ2v) is 7.48. The number of anilines is 1. The van der Waals surface area contributed by atoms with Crippen LogP contribution in [-0.2, 0) is 11.8 Å². The van der Waals surface area contributed by atoms with E-state index in [1.807, 2.05) is 42.1 Å². The van der Waals surface area contributed by atoms with Gasteiger partial charge in [0.15, 0.2) is 5.16 Å². The number of nitrogens with one attached hydrogen (secondary N) is 1. The van der Waals surface area contributed by atoms with Crippen LogP contribution in [0.2, 0.25) is 0 Å². The Morgan fingerprint density at radius 1 is 1.19 bits per heavy atom. The van der Waals surface area contributed by atoms with Gasteiger partial charge in [-0.1, -0.05) is 23.9 Å². The minimum atomic E-state index is -0.251. The molecule has 1 amide bonds. The summed E-state index contributed by atoms with van der Waals surface area (Å²) >= 11 is 1.57. The Bertz CT molecular complexity index is 921. The Morgan fingerprint density at radius 3 is 2.58 bits per heavy atom. The zero-order chi connectivity index (χ0) is 18.1. The van der Waals surface area contributed by atoms with Gasteiger partial charge in [0.1, 0.15) is 5.82 Å². The smallest absolute Gasteiger partial charge is 0.228 e. The molecule has 0 spiro atoms. The number of aryl methyl sites for hydroxylation is 1. The van der Waals surface area contributed by atoms with Gasteiger partial charge in [0.25, 0.3) is 0 Å². The Labute approximate surface area is 155 Å². The molecule has 0 saturated heterocycles. The summed E-state index contributed by atoms with van der Waals surface area (Å²) in [6, 6.07) is 14.2. The third kappa shape index (κ3) is 3.65. The van der Waals surface area contributed by atoms with Crippen molar-refractivity contribution in [3.8, 4) is 0 Å². The number of benzene rings is 2. The van der Waals surface area contributed by atoms with Crippen LogP contribution in [-0.4, -0.2) is 15.5 Å². The first-order valence-electron chi connectivity index (χ1n) is 8.42. The minimum absolute atomic E-state index is 0.0174. The van der Waals surface area contributed by atoms with Gasteiger partial charge in [-0.05, 0) is 54.3 Å². The lowest BCUT2D eigenvalue weighted by Gasteiger charge is -2.07. The first kappa shape index (κ1) is 16.8. The second kappa shape index (κ2) is 6.96. The topological polar surface area (TPSA) is 46.9 Å². The first-order chi connectivity index (χ1) is 12.6. The van der Waals surface area contributed by atoms with Crippen LogP contribution in [0.15, 0.2) is 71.0 Å². The van der Waals surface area contributed by atoms with Gasteiger partial charge in [-0.2, -0.15) is 0 Å². The van der Waals surface area contributed by atoms with Gasteiger partial charge in [-0.25, -0.2) is 9.37 Å². The van der Waals surface area contributed by atoms with E-state index in [0.717, 1.165) is 27.7 Å². The average molecular weight is 367 g/mol. The molecule has 6 heteroatoms. The van der Waals surface area contributed by atoms with Gasteiger partial charge in [0.05, 0.1) is 0 Å². The molecule has 1 aliphatic carbocycles. The van der Waals surface area contributed by atoms with Crippen LogP contribution in [0.1, 0.15) is 17.9 Å². The summed E-state index contributed by atoms with van der Waals surface area (Å²) in [5.74, 6) is -0.0846. The number of carbonyl (C=O) groups is 1. The van der Waals surface area contributed by atoms with Crippen molar-refractivity contribution in [2.24, 2.45) is 13.0 Å². The maximum atomic E-state index is 13.0. The summed E-state index contributed by atoms with van der Waals surface area (Å²) < 4.78 is 15.0. The monoisotopic (exact) mass is 367 g/mol. The van der Waals surface area contributed by atoms with Crippen molar-refractivity contribution in [1.29, 1.82) is 0 Å². The Kier molecular flexibility index (Phi) is 4.51. The molecule has 26 heavy (non-hydrogen) atoms. The second-order valence-electron chi connectivity index (χ2n) is 6.44. The highest BCUT2D eigenvalue weighted by molar-refractivity contribution is 7.99. The maximum absolute atomic E-state index is 13.0. The summed E-state index contributed by atoms with van der Waals surface area (Å²) in [7, 11) is 1.96. The number of aromatic nitrogens is 2. The van der Waals surface area contributed by atoms with Crippen molar-refractivity contribution >= 4 is 23.4 Å². The molecule has 132 valence electrons. The summed E-state index contributed by atoms with van der Waals surface area (Å²) in [5, 5.41) is 3.89. The summed E-state index contributed by atoms with van der Waals surface area (Å²) in [6.07, 6.45) is 4.48. The van der Waals surface area contributed by atoms with E-state index >= 15 is 0 Å². The molecular weight excluding hydrogens is 349 g/mol. The number of carbonyl (C=O) groups excluding carboxylic acids is 1. The average Bonchev–Trinajstić information content (AvgIpc) is 3.35. The van der Waals surface area contributed by atoms with Gasteiger partial charge in [0, 0.05) is 35.9 Å². The van der Waals surface area contributed by atoms with Crippen LogP contribution in [0.5, 0.6) is 0 Å². The molecule has 1 heterocycles. The molecule has 2 unspecified atom stereocenters. The predicted molar refractivity (Wildman–Crippen MR) is 99.7 cm³/mol. The Morgan fingerprint density at radius 2 is 1.92 bits per heavy atom. The molecule has 0 aliphatic heterocycles. The standard InChI is InChI=1S/C20H18FN3OS/c1-24-11-10-22-20(24)26-16-8-6-15(7-9-16)23-19(25)18-12-17(18)13-2-4-14(21)5-3-13/h2-11,17-18H,12H2,1H3,(H,23,25). The lowest BCUT2D eigenvalue weighted by molar-refractivity contribution is -0.117. The van der Waals surface area contributed by atoms with E-state index in [4.69, 9.17) is 0 Å². The molecule has 2 aromatic carbocycles. The van der Waals surface area contributed by atoms with Crippen molar-refractivity contribution in [1.82, 2.24) is 9.55 Å². The van der Waals surface area contributed by atoms with Crippen molar-refractivity contribution < 1.29 is 9.18 Å². The van der Waals surface area contributed by atoms with Crippen LogP contribution in [0, 0.1) is 11.7 Å². The third-order valence-corrected chi connectivity index (χ3v) is 5.62. The maximum Gasteiger partial charge on any atom is 0.228 e. The van der Waals surface area contributed by atoms with Crippen LogP contribution in [0.3, 0.4) is 0 Å². The fourth-order valence-electron chi connectivity index (χ4n) is 2.96. The van der Waals surface area contributed by atoms with Crippen LogP contribution >= 0.6 is 11.8 Å². The fourth-order valence-corrected chi connectivity index (χ4v) is 3.76.